The van der Waals surface area contributed by atoms with Crippen LogP contribution in [0.25, 0.3) is 0 Å². The first-order chi connectivity index (χ1) is 11.6. The Bertz CT molecular complexity index is 520. The zero-order chi connectivity index (χ0) is 16.9. The van der Waals surface area contributed by atoms with E-state index < -0.39 is 0 Å². The van der Waals surface area contributed by atoms with Crippen LogP contribution in [-0.4, -0.2) is 64.2 Å². The predicted octanol–water partition coefficient (Wildman–Crippen LogP) is 1.25. The second-order valence-electron chi connectivity index (χ2n) is 6.65. The molecule has 0 aliphatic carbocycles. The SMILES string of the molecule is C[C@H](NC(=O)N(C[C@H]1CCCO1)C[C@H]1CCCO1)c1nncn1C. The maximum absolute atomic E-state index is 12.8. The fourth-order valence-electron chi connectivity index (χ4n) is 3.33. The molecular formula is C16H27N5O3. The summed E-state index contributed by atoms with van der Waals surface area (Å²) >= 11 is 0. The summed E-state index contributed by atoms with van der Waals surface area (Å²) in [7, 11) is 1.87. The zero-order valence-electron chi connectivity index (χ0n) is 14.5. The molecule has 3 heterocycles. The lowest BCUT2D eigenvalue weighted by Gasteiger charge is -2.29. The van der Waals surface area contributed by atoms with Crippen molar-refractivity contribution in [2.75, 3.05) is 26.3 Å². The average Bonchev–Trinajstić information content (AvgIpc) is 3.28. The van der Waals surface area contributed by atoms with Gasteiger partial charge in [0.2, 0.25) is 0 Å². The van der Waals surface area contributed by atoms with Crippen LogP contribution in [0.3, 0.4) is 0 Å². The van der Waals surface area contributed by atoms with Gasteiger partial charge in [-0.15, -0.1) is 10.2 Å². The first-order valence-corrected chi connectivity index (χ1v) is 8.76. The number of rotatable bonds is 6. The van der Waals surface area contributed by atoms with E-state index in [0.717, 1.165) is 44.7 Å². The lowest BCUT2D eigenvalue weighted by atomic mass is 10.2. The molecule has 1 aromatic rings. The van der Waals surface area contributed by atoms with Crippen LogP contribution < -0.4 is 5.32 Å². The second-order valence-corrected chi connectivity index (χ2v) is 6.65. The Kier molecular flexibility index (Phi) is 5.68. The summed E-state index contributed by atoms with van der Waals surface area (Å²) in [5.41, 5.74) is 0. The minimum Gasteiger partial charge on any atom is -0.376 e. The van der Waals surface area contributed by atoms with Crippen LogP contribution in [0.4, 0.5) is 4.79 Å². The molecule has 0 saturated carbocycles. The molecule has 0 radical (unpaired) electrons. The summed E-state index contributed by atoms with van der Waals surface area (Å²) < 4.78 is 13.2. The number of nitrogens with zero attached hydrogens (tertiary/aromatic N) is 4. The predicted molar refractivity (Wildman–Crippen MR) is 87.5 cm³/mol. The Morgan fingerprint density at radius 2 is 1.96 bits per heavy atom. The van der Waals surface area contributed by atoms with Gasteiger partial charge in [0.05, 0.1) is 18.2 Å². The van der Waals surface area contributed by atoms with Gasteiger partial charge in [-0.05, 0) is 32.6 Å². The molecular weight excluding hydrogens is 310 g/mol. The van der Waals surface area contributed by atoms with Crippen molar-refractivity contribution >= 4 is 6.03 Å². The largest absolute Gasteiger partial charge is 0.376 e. The van der Waals surface area contributed by atoms with Crippen molar-refractivity contribution in [1.29, 1.82) is 0 Å². The minimum absolute atomic E-state index is 0.100. The van der Waals surface area contributed by atoms with E-state index in [1.54, 1.807) is 6.33 Å². The van der Waals surface area contributed by atoms with E-state index in [0.29, 0.717) is 13.1 Å². The van der Waals surface area contributed by atoms with E-state index in [4.69, 9.17) is 9.47 Å². The molecule has 2 aliphatic heterocycles. The fourth-order valence-corrected chi connectivity index (χ4v) is 3.33. The first-order valence-electron chi connectivity index (χ1n) is 8.76. The number of hydrogen-bond donors (Lipinski definition) is 1. The van der Waals surface area contributed by atoms with Gasteiger partial charge in [-0.1, -0.05) is 0 Å². The van der Waals surface area contributed by atoms with Gasteiger partial charge in [0.15, 0.2) is 5.82 Å². The molecule has 2 fully saturated rings. The van der Waals surface area contributed by atoms with Crippen LogP contribution in [0.2, 0.25) is 0 Å². The monoisotopic (exact) mass is 337 g/mol. The molecule has 0 aromatic carbocycles. The molecule has 1 N–H and O–H groups in total. The minimum atomic E-state index is -0.207. The van der Waals surface area contributed by atoms with Crippen molar-refractivity contribution in [3.8, 4) is 0 Å². The van der Waals surface area contributed by atoms with Gasteiger partial charge >= 0.3 is 6.03 Å². The van der Waals surface area contributed by atoms with Gasteiger partial charge in [-0.2, -0.15) is 0 Å². The number of nitrogens with one attached hydrogen (secondary N) is 1. The number of aromatic nitrogens is 3. The number of urea groups is 1. The van der Waals surface area contributed by atoms with Crippen molar-refractivity contribution in [3.63, 3.8) is 0 Å². The van der Waals surface area contributed by atoms with Gasteiger partial charge in [0, 0.05) is 33.4 Å². The summed E-state index contributed by atoms with van der Waals surface area (Å²) in [6.07, 6.45) is 6.03. The molecule has 8 nitrogen and oxygen atoms in total. The highest BCUT2D eigenvalue weighted by Crippen LogP contribution is 2.18. The molecule has 3 atom stereocenters. The number of carbonyl (C=O) groups excluding carboxylic acids is 1. The molecule has 3 rings (SSSR count). The third kappa shape index (κ3) is 4.24. The van der Waals surface area contributed by atoms with Crippen LogP contribution in [0.1, 0.15) is 44.5 Å². The molecule has 2 aliphatic rings. The summed E-state index contributed by atoms with van der Waals surface area (Å²) in [6.45, 7) is 4.71. The fraction of sp³-hybridized carbons (Fsp3) is 0.812. The molecule has 8 heteroatoms. The van der Waals surface area contributed by atoms with Gasteiger partial charge in [0.1, 0.15) is 6.33 Å². The maximum atomic E-state index is 12.8. The van der Waals surface area contributed by atoms with Gasteiger partial charge < -0.3 is 24.3 Å². The smallest absolute Gasteiger partial charge is 0.318 e. The van der Waals surface area contributed by atoms with Gasteiger partial charge in [-0.3, -0.25) is 0 Å². The van der Waals surface area contributed by atoms with E-state index in [-0.39, 0.29) is 24.3 Å². The third-order valence-corrected chi connectivity index (χ3v) is 4.66. The number of carbonyl (C=O) groups is 1. The first kappa shape index (κ1) is 17.2. The highest BCUT2D eigenvalue weighted by molar-refractivity contribution is 5.74. The lowest BCUT2D eigenvalue weighted by molar-refractivity contribution is 0.0493. The summed E-state index contributed by atoms with van der Waals surface area (Å²) in [5.74, 6) is 0.734. The third-order valence-electron chi connectivity index (χ3n) is 4.66. The molecule has 24 heavy (non-hydrogen) atoms. The second kappa shape index (κ2) is 7.94. The van der Waals surface area contributed by atoms with Crippen LogP contribution in [0, 0.1) is 0 Å². The Morgan fingerprint density at radius 3 is 2.42 bits per heavy atom. The molecule has 0 bridgehead atoms. The van der Waals surface area contributed by atoms with Crippen molar-refractivity contribution in [3.05, 3.63) is 12.2 Å². The van der Waals surface area contributed by atoms with E-state index in [2.05, 4.69) is 15.5 Å². The maximum Gasteiger partial charge on any atom is 0.318 e. The van der Waals surface area contributed by atoms with Gasteiger partial charge in [-0.25, -0.2) is 4.79 Å². The zero-order valence-corrected chi connectivity index (χ0v) is 14.5. The summed E-state index contributed by atoms with van der Waals surface area (Å²) in [5, 5.41) is 11.0. The van der Waals surface area contributed by atoms with Crippen LogP contribution in [0.5, 0.6) is 0 Å². The molecule has 2 amide bonds. The highest BCUT2D eigenvalue weighted by Gasteiger charge is 2.28. The number of aryl methyl sites for hydroxylation is 1. The Balaban J connectivity index is 1.61. The Morgan fingerprint density at radius 1 is 1.33 bits per heavy atom. The molecule has 0 unspecified atom stereocenters. The van der Waals surface area contributed by atoms with E-state index in [1.165, 1.54) is 0 Å². The topological polar surface area (TPSA) is 81.5 Å². The van der Waals surface area contributed by atoms with Crippen molar-refractivity contribution < 1.29 is 14.3 Å². The quantitative estimate of drug-likeness (QED) is 0.845. The van der Waals surface area contributed by atoms with Crippen LogP contribution in [0.15, 0.2) is 6.33 Å². The van der Waals surface area contributed by atoms with E-state index >= 15 is 0 Å². The van der Waals surface area contributed by atoms with Gasteiger partial charge in [0.25, 0.3) is 0 Å². The molecule has 1 aromatic heterocycles. The number of hydrogen-bond acceptors (Lipinski definition) is 5. The highest BCUT2D eigenvalue weighted by atomic mass is 16.5. The Labute approximate surface area is 142 Å². The summed E-state index contributed by atoms with van der Waals surface area (Å²) in [6, 6.07) is -0.307. The van der Waals surface area contributed by atoms with Crippen LogP contribution in [-0.2, 0) is 16.5 Å². The van der Waals surface area contributed by atoms with E-state index in [1.807, 2.05) is 23.4 Å². The number of amides is 2. The normalized spacial score (nSPS) is 24.9. The van der Waals surface area contributed by atoms with Crippen molar-refractivity contribution in [1.82, 2.24) is 25.0 Å². The standard InChI is InChI=1S/C16H27N5O3/c1-12(15-19-17-11-20(15)2)18-16(22)21(9-13-5-3-7-23-13)10-14-6-4-8-24-14/h11-14H,3-10H2,1-2H3,(H,18,22)/t12-,13+,14+/m0/s1. The van der Waals surface area contributed by atoms with E-state index in [9.17, 15) is 4.79 Å². The van der Waals surface area contributed by atoms with Crippen molar-refractivity contribution in [2.24, 2.45) is 7.05 Å². The van der Waals surface area contributed by atoms with Crippen LogP contribution >= 0.6 is 0 Å². The summed E-state index contributed by atoms with van der Waals surface area (Å²) in [4.78, 5) is 14.6. The number of ether oxygens (including phenoxy) is 2. The molecule has 0 spiro atoms. The molecule has 134 valence electrons. The lowest BCUT2D eigenvalue weighted by Crippen LogP contribution is -2.47. The van der Waals surface area contributed by atoms with Crippen molar-refractivity contribution in [2.45, 2.75) is 50.9 Å². The Hall–Kier alpha value is -1.67. The average molecular weight is 337 g/mol. The molecule has 2 saturated heterocycles.